The molecule has 1 heteroatoms. The molecule has 1 fully saturated rings. The molecule has 0 saturated carbocycles. The van der Waals surface area contributed by atoms with E-state index in [4.69, 9.17) is 0 Å². The zero-order valence-corrected chi connectivity index (χ0v) is 9.34. The minimum absolute atomic E-state index is 0.472. The molecule has 0 aliphatic carbocycles. The molecule has 0 spiro atoms. The third-order valence-electron chi connectivity index (χ3n) is 3.12. The van der Waals surface area contributed by atoms with E-state index >= 15 is 0 Å². The Morgan fingerprint density at radius 3 is 2.69 bits per heavy atom. The van der Waals surface area contributed by atoms with Crippen LogP contribution in [0.2, 0.25) is 0 Å². The summed E-state index contributed by atoms with van der Waals surface area (Å²) in [4.78, 5) is 2.52. The Bertz CT molecular complexity index is 166. The lowest BCUT2D eigenvalue weighted by molar-refractivity contribution is 0.108. The highest BCUT2D eigenvalue weighted by Crippen LogP contribution is 2.32. The van der Waals surface area contributed by atoms with Crippen LogP contribution in [0.25, 0.3) is 0 Å². The quantitative estimate of drug-likeness (QED) is 0.592. The van der Waals surface area contributed by atoms with E-state index in [1.165, 1.54) is 25.9 Å². The molecule has 0 aromatic carbocycles. The van der Waals surface area contributed by atoms with Crippen LogP contribution < -0.4 is 0 Å². The molecule has 1 atom stereocenters. The lowest BCUT2D eigenvalue weighted by Crippen LogP contribution is -2.40. The normalized spacial score (nSPS) is 25.9. The fraction of sp³-hybridized carbons (Fsp3) is 0.833. The van der Waals surface area contributed by atoms with Gasteiger partial charge in [0.05, 0.1) is 0 Å². The molecule has 0 aromatic heterocycles. The van der Waals surface area contributed by atoms with Gasteiger partial charge in [0, 0.05) is 13.1 Å². The first-order valence-corrected chi connectivity index (χ1v) is 5.37. The van der Waals surface area contributed by atoms with Crippen molar-refractivity contribution >= 4 is 0 Å². The number of likely N-dealkylation sites (tertiary alicyclic amines) is 1. The molecule has 0 amide bonds. The van der Waals surface area contributed by atoms with Gasteiger partial charge in [0.1, 0.15) is 0 Å². The lowest BCUT2D eigenvalue weighted by Gasteiger charge is -2.39. The Morgan fingerprint density at radius 2 is 2.15 bits per heavy atom. The maximum Gasteiger partial charge on any atom is 0.0160 e. The number of hydrogen-bond acceptors (Lipinski definition) is 1. The number of nitrogens with zero attached hydrogens (tertiary/aromatic N) is 1. The maximum absolute atomic E-state index is 3.80. The van der Waals surface area contributed by atoms with E-state index in [1.54, 1.807) is 0 Å². The van der Waals surface area contributed by atoms with Gasteiger partial charge >= 0.3 is 0 Å². The van der Waals surface area contributed by atoms with Crippen molar-refractivity contribution in [3.05, 3.63) is 12.7 Å². The molecular weight excluding hydrogens is 158 g/mol. The minimum Gasteiger partial charge on any atom is -0.299 e. The Balaban J connectivity index is 2.46. The summed E-state index contributed by atoms with van der Waals surface area (Å²) in [6.45, 7) is 14.5. The summed E-state index contributed by atoms with van der Waals surface area (Å²) >= 11 is 0. The van der Waals surface area contributed by atoms with Gasteiger partial charge in [-0.2, -0.15) is 0 Å². The van der Waals surface area contributed by atoms with Crippen molar-refractivity contribution in [3.63, 3.8) is 0 Å². The van der Waals surface area contributed by atoms with Crippen molar-refractivity contribution in [2.24, 2.45) is 11.3 Å². The van der Waals surface area contributed by atoms with E-state index in [1.807, 2.05) is 6.08 Å². The lowest BCUT2D eigenvalue weighted by atomic mass is 9.76. The molecule has 1 aliphatic heterocycles. The maximum atomic E-state index is 3.80. The Labute approximate surface area is 82.8 Å². The van der Waals surface area contributed by atoms with Crippen LogP contribution in [0, 0.1) is 11.3 Å². The van der Waals surface area contributed by atoms with Crippen LogP contribution in [-0.2, 0) is 0 Å². The summed E-state index contributed by atoms with van der Waals surface area (Å²) < 4.78 is 0. The standard InChI is InChI=1S/C12H23N/c1-5-8-13-9-6-7-11(10-13)12(2,3)4/h5,11H,1,6-10H2,2-4H3. The average molecular weight is 181 g/mol. The number of rotatable bonds is 2. The van der Waals surface area contributed by atoms with Gasteiger partial charge in [-0.1, -0.05) is 26.8 Å². The zero-order valence-electron chi connectivity index (χ0n) is 9.34. The van der Waals surface area contributed by atoms with Crippen molar-refractivity contribution in [1.82, 2.24) is 4.90 Å². The van der Waals surface area contributed by atoms with Crippen molar-refractivity contribution in [1.29, 1.82) is 0 Å². The van der Waals surface area contributed by atoms with E-state index in [9.17, 15) is 0 Å². The van der Waals surface area contributed by atoms with Crippen LogP contribution in [0.15, 0.2) is 12.7 Å². The molecule has 1 nitrogen and oxygen atoms in total. The number of piperidine rings is 1. The predicted octanol–water partition coefficient (Wildman–Crippen LogP) is 2.93. The molecule has 1 heterocycles. The topological polar surface area (TPSA) is 3.24 Å². The fourth-order valence-corrected chi connectivity index (χ4v) is 2.11. The molecule has 0 bridgehead atoms. The van der Waals surface area contributed by atoms with E-state index < -0.39 is 0 Å². The first-order valence-electron chi connectivity index (χ1n) is 5.37. The van der Waals surface area contributed by atoms with Crippen LogP contribution in [0.5, 0.6) is 0 Å². The molecule has 1 saturated heterocycles. The smallest absolute Gasteiger partial charge is 0.0160 e. The van der Waals surface area contributed by atoms with E-state index in [0.717, 1.165) is 12.5 Å². The highest BCUT2D eigenvalue weighted by molar-refractivity contribution is 4.84. The highest BCUT2D eigenvalue weighted by atomic mass is 15.1. The zero-order chi connectivity index (χ0) is 9.90. The summed E-state index contributed by atoms with van der Waals surface area (Å²) in [6, 6.07) is 0. The molecule has 76 valence electrons. The second kappa shape index (κ2) is 4.28. The molecule has 0 aromatic rings. The molecule has 1 aliphatic rings. The van der Waals surface area contributed by atoms with Crippen LogP contribution >= 0.6 is 0 Å². The van der Waals surface area contributed by atoms with Crippen LogP contribution in [0.4, 0.5) is 0 Å². The SMILES string of the molecule is C=CCN1CCCC(C(C)(C)C)C1. The van der Waals surface area contributed by atoms with Crippen molar-refractivity contribution < 1.29 is 0 Å². The monoisotopic (exact) mass is 181 g/mol. The fourth-order valence-electron chi connectivity index (χ4n) is 2.11. The van der Waals surface area contributed by atoms with Gasteiger partial charge in [0.2, 0.25) is 0 Å². The first-order chi connectivity index (χ1) is 6.04. The van der Waals surface area contributed by atoms with E-state index in [-0.39, 0.29) is 0 Å². The van der Waals surface area contributed by atoms with Crippen LogP contribution in [-0.4, -0.2) is 24.5 Å². The summed E-state index contributed by atoms with van der Waals surface area (Å²) in [6.07, 6.45) is 4.78. The Kier molecular flexibility index (Phi) is 3.55. The van der Waals surface area contributed by atoms with Crippen LogP contribution in [0.3, 0.4) is 0 Å². The average Bonchev–Trinajstić information content (AvgIpc) is 2.04. The molecule has 13 heavy (non-hydrogen) atoms. The molecule has 0 radical (unpaired) electrons. The van der Waals surface area contributed by atoms with Crippen LogP contribution in [0.1, 0.15) is 33.6 Å². The third-order valence-corrected chi connectivity index (χ3v) is 3.12. The first kappa shape index (κ1) is 10.8. The van der Waals surface area contributed by atoms with Crippen molar-refractivity contribution in [2.75, 3.05) is 19.6 Å². The van der Waals surface area contributed by atoms with Crippen molar-refractivity contribution in [3.8, 4) is 0 Å². The number of hydrogen-bond donors (Lipinski definition) is 0. The predicted molar refractivity (Wildman–Crippen MR) is 58.8 cm³/mol. The van der Waals surface area contributed by atoms with Gasteiger partial charge in [0.25, 0.3) is 0 Å². The molecule has 1 unspecified atom stereocenters. The second-order valence-corrected chi connectivity index (χ2v) is 5.25. The van der Waals surface area contributed by atoms with Gasteiger partial charge in [-0.05, 0) is 30.7 Å². The van der Waals surface area contributed by atoms with Gasteiger partial charge in [-0.3, -0.25) is 4.90 Å². The van der Waals surface area contributed by atoms with Gasteiger partial charge in [-0.25, -0.2) is 0 Å². The van der Waals surface area contributed by atoms with Crippen molar-refractivity contribution in [2.45, 2.75) is 33.6 Å². The van der Waals surface area contributed by atoms with Gasteiger partial charge < -0.3 is 0 Å². The highest BCUT2D eigenvalue weighted by Gasteiger charge is 2.28. The largest absolute Gasteiger partial charge is 0.299 e. The van der Waals surface area contributed by atoms with Gasteiger partial charge in [0.15, 0.2) is 0 Å². The summed E-state index contributed by atoms with van der Waals surface area (Å²) in [5.74, 6) is 0.862. The van der Waals surface area contributed by atoms with Gasteiger partial charge in [-0.15, -0.1) is 6.58 Å². The summed E-state index contributed by atoms with van der Waals surface area (Å²) in [5.41, 5.74) is 0.472. The van der Waals surface area contributed by atoms with E-state index in [2.05, 4.69) is 32.3 Å². The second-order valence-electron chi connectivity index (χ2n) is 5.25. The Hall–Kier alpha value is -0.300. The molecule has 1 rings (SSSR count). The minimum atomic E-state index is 0.472. The summed E-state index contributed by atoms with van der Waals surface area (Å²) in [7, 11) is 0. The van der Waals surface area contributed by atoms with E-state index in [0.29, 0.717) is 5.41 Å². The molecular formula is C12H23N. The Morgan fingerprint density at radius 1 is 1.46 bits per heavy atom. The summed E-state index contributed by atoms with van der Waals surface area (Å²) in [5, 5.41) is 0. The molecule has 0 N–H and O–H groups in total. The third kappa shape index (κ3) is 3.15.